The SMILES string of the molecule is CC(C)COCCNC(=O)c1cc(S)ccc1Cl. The smallest absolute Gasteiger partial charge is 0.252 e. The second kappa shape index (κ2) is 7.67. The average Bonchev–Trinajstić information content (AvgIpc) is 2.31. The van der Waals surface area contributed by atoms with Gasteiger partial charge in [-0.3, -0.25) is 4.79 Å². The molecule has 0 aliphatic carbocycles. The summed E-state index contributed by atoms with van der Waals surface area (Å²) >= 11 is 10.1. The van der Waals surface area contributed by atoms with Crippen molar-refractivity contribution in [2.75, 3.05) is 19.8 Å². The first-order chi connectivity index (χ1) is 8.50. The van der Waals surface area contributed by atoms with E-state index in [0.717, 1.165) is 0 Å². The van der Waals surface area contributed by atoms with Gasteiger partial charge in [0.2, 0.25) is 0 Å². The van der Waals surface area contributed by atoms with E-state index in [1.807, 2.05) is 0 Å². The number of halogens is 1. The lowest BCUT2D eigenvalue weighted by Crippen LogP contribution is -2.27. The molecule has 1 aromatic rings. The molecule has 0 atom stereocenters. The molecule has 0 aliphatic heterocycles. The van der Waals surface area contributed by atoms with Gasteiger partial charge < -0.3 is 10.1 Å². The number of thiol groups is 1. The predicted octanol–water partition coefficient (Wildman–Crippen LogP) is 3.03. The molecule has 0 radical (unpaired) electrons. The molecular weight excluding hydrogens is 270 g/mol. The van der Waals surface area contributed by atoms with Gasteiger partial charge in [0.15, 0.2) is 0 Å². The molecule has 0 aromatic heterocycles. The highest BCUT2D eigenvalue weighted by Crippen LogP contribution is 2.19. The van der Waals surface area contributed by atoms with Gasteiger partial charge in [0.1, 0.15) is 0 Å². The van der Waals surface area contributed by atoms with Gasteiger partial charge in [0.05, 0.1) is 17.2 Å². The molecule has 1 aromatic carbocycles. The van der Waals surface area contributed by atoms with Crippen molar-refractivity contribution >= 4 is 30.1 Å². The summed E-state index contributed by atoms with van der Waals surface area (Å²) in [7, 11) is 0. The molecule has 1 amide bonds. The Kier molecular flexibility index (Phi) is 6.54. The molecule has 0 heterocycles. The molecule has 0 fully saturated rings. The summed E-state index contributed by atoms with van der Waals surface area (Å²) in [5, 5.41) is 3.18. The first-order valence-electron chi connectivity index (χ1n) is 5.85. The second-order valence-electron chi connectivity index (χ2n) is 4.39. The maximum Gasteiger partial charge on any atom is 0.252 e. The molecule has 5 heteroatoms. The lowest BCUT2D eigenvalue weighted by molar-refractivity contribution is 0.0886. The molecule has 18 heavy (non-hydrogen) atoms. The molecule has 3 nitrogen and oxygen atoms in total. The number of nitrogens with one attached hydrogen (secondary N) is 1. The molecule has 0 spiro atoms. The van der Waals surface area contributed by atoms with Crippen LogP contribution in [-0.4, -0.2) is 25.7 Å². The minimum atomic E-state index is -0.205. The Morgan fingerprint density at radius 1 is 1.50 bits per heavy atom. The van der Waals surface area contributed by atoms with Gasteiger partial charge in [0, 0.05) is 18.0 Å². The molecule has 100 valence electrons. The van der Waals surface area contributed by atoms with Gasteiger partial charge in [-0.25, -0.2) is 0 Å². The van der Waals surface area contributed by atoms with E-state index in [0.29, 0.717) is 41.2 Å². The van der Waals surface area contributed by atoms with Crippen LogP contribution in [0.2, 0.25) is 5.02 Å². The fourth-order valence-electron chi connectivity index (χ4n) is 1.34. The molecule has 0 aliphatic rings. The summed E-state index contributed by atoms with van der Waals surface area (Å²) in [6.07, 6.45) is 0. The fourth-order valence-corrected chi connectivity index (χ4v) is 1.75. The second-order valence-corrected chi connectivity index (χ2v) is 5.31. The van der Waals surface area contributed by atoms with E-state index < -0.39 is 0 Å². The Labute approximate surface area is 118 Å². The van der Waals surface area contributed by atoms with Crippen molar-refractivity contribution in [1.82, 2.24) is 5.32 Å². The summed E-state index contributed by atoms with van der Waals surface area (Å²) in [6, 6.07) is 5.05. The van der Waals surface area contributed by atoms with E-state index in [1.165, 1.54) is 0 Å². The van der Waals surface area contributed by atoms with Crippen LogP contribution in [0.3, 0.4) is 0 Å². The number of carbonyl (C=O) groups is 1. The minimum Gasteiger partial charge on any atom is -0.379 e. The third-order valence-electron chi connectivity index (χ3n) is 2.18. The van der Waals surface area contributed by atoms with Crippen molar-refractivity contribution in [2.45, 2.75) is 18.7 Å². The van der Waals surface area contributed by atoms with Crippen LogP contribution in [0.15, 0.2) is 23.1 Å². The van der Waals surface area contributed by atoms with Crippen LogP contribution in [0.1, 0.15) is 24.2 Å². The summed E-state index contributed by atoms with van der Waals surface area (Å²) in [4.78, 5) is 12.5. The van der Waals surface area contributed by atoms with Gasteiger partial charge in [0.25, 0.3) is 5.91 Å². The van der Waals surface area contributed by atoms with Crippen LogP contribution in [-0.2, 0) is 4.74 Å². The standard InChI is InChI=1S/C13H18ClNO2S/c1-9(2)8-17-6-5-15-13(16)11-7-10(18)3-4-12(11)14/h3-4,7,9,18H,5-6,8H2,1-2H3,(H,15,16). The molecule has 0 saturated heterocycles. The first-order valence-corrected chi connectivity index (χ1v) is 6.67. The van der Waals surface area contributed by atoms with E-state index in [1.54, 1.807) is 18.2 Å². The molecule has 0 unspecified atom stereocenters. The molecule has 1 rings (SSSR count). The largest absolute Gasteiger partial charge is 0.379 e. The number of carbonyl (C=O) groups excluding carboxylic acids is 1. The Morgan fingerprint density at radius 2 is 2.22 bits per heavy atom. The number of ether oxygens (including phenoxy) is 1. The van der Waals surface area contributed by atoms with Gasteiger partial charge >= 0.3 is 0 Å². The van der Waals surface area contributed by atoms with Crippen LogP contribution in [0.5, 0.6) is 0 Å². The molecule has 0 saturated carbocycles. The van der Waals surface area contributed by atoms with E-state index in [-0.39, 0.29) is 5.91 Å². The highest BCUT2D eigenvalue weighted by Gasteiger charge is 2.09. The number of amides is 1. The maximum atomic E-state index is 11.8. The summed E-state index contributed by atoms with van der Waals surface area (Å²) in [5.41, 5.74) is 0.438. The van der Waals surface area contributed by atoms with Gasteiger partial charge in [-0.05, 0) is 24.1 Å². The summed E-state index contributed by atoms with van der Waals surface area (Å²) in [5.74, 6) is 0.292. The third kappa shape index (κ3) is 5.29. The third-order valence-corrected chi connectivity index (χ3v) is 2.79. The van der Waals surface area contributed by atoms with Crippen LogP contribution in [0.25, 0.3) is 0 Å². The summed E-state index contributed by atoms with van der Waals surface area (Å²) < 4.78 is 5.37. The normalized spacial score (nSPS) is 10.7. The van der Waals surface area contributed by atoms with E-state index in [4.69, 9.17) is 16.3 Å². The van der Waals surface area contributed by atoms with E-state index in [9.17, 15) is 4.79 Å². The summed E-state index contributed by atoms with van der Waals surface area (Å²) in [6.45, 7) is 5.83. The number of rotatable bonds is 6. The van der Waals surface area contributed by atoms with Crippen molar-refractivity contribution in [2.24, 2.45) is 5.92 Å². The first kappa shape index (κ1) is 15.3. The number of benzene rings is 1. The Morgan fingerprint density at radius 3 is 2.89 bits per heavy atom. The zero-order chi connectivity index (χ0) is 13.5. The van der Waals surface area contributed by atoms with Gasteiger partial charge in [-0.1, -0.05) is 25.4 Å². The van der Waals surface area contributed by atoms with Crippen LogP contribution < -0.4 is 5.32 Å². The number of hydrogen-bond donors (Lipinski definition) is 2. The van der Waals surface area contributed by atoms with Crippen LogP contribution >= 0.6 is 24.2 Å². The van der Waals surface area contributed by atoms with Gasteiger partial charge in [-0.2, -0.15) is 0 Å². The maximum absolute atomic E-state index is 11.8. The molecule has 0 bridgehead atoms. The van der Waals surface area contributed by atoms with Crippen molar-refractivity contribution in [1.29, 1.82) is 0 Å². The fraction of sp³-hybridized carbons (Fsp3) is 0.462. The van der Waals surface area contributed by atoms with E-state index >= 15 is 0 Å². The average molecular weight is 288 g/mol. The zero-order valence-corrected chi connectivity index (χ0v) is 12.2. The Balaban J connectivity index is 2.39. The van der Waals surface area contributed by atoms with Crippen molar-refractivity contribution in [3.05, 3.63) is 28.8 Å². The topological polar surface area (TPSA) is 38.3 Å². The monoisotopic (exact) mass is 287 g/mol. The lowest BCUT2D eigenvalue weighted by atomic mass is 10.2. The Bertz CT molecular complexity index is 410. The van der Waals surface area contributed by atoms with Crippen molar-refractivity contribution in [3.8, 4) is 0 Å². The van der Waals surface area contributed by atoms with Crippen LogP contribution in [0.4, 0.5) is 0 Å². The van der Waals surface area contributed by atoms with Crippen LogP contribution in [0, 0.1) is 5.92 Å². The highest BCUT2D eigenvalue weighted by atomic mass is 35.5. The zero-order valence-electron chi connectivity index (χ0n) is 10.6. The molecule has 1 N–H and O–H groups in total. The number of hydrogen-bond acceptors (Lipinski definition) is 3. The predicted molar refractivity (Wildman–Crippen MR) is 76.7 cm³/mol. The van der Waals surface area contributed by atoms with Crippen molar-refractivity contribution in [3.63, 3.8) is 0 Å². The highest BCUT2D eigenvalue weighted by molar-refractivity contribution is 7.80. The lowest BCUT2D eigenvalue weighted by Gasteiger charge is -2.09. The quantitative estimate of drug-likeness (QED) is 0.623. The van der Waals surface area contributed by atoms with E-state index in [2.05, 4.69) is 31.8 Å². The van der Waals surface area contributed by atoms with Crippen molar-refractivity contribution < 1.29 is 9.53 Å². The Hall–Kier alpha value is -0.710. The minimum absolute atomic E-state index is 0.205. The van der Waals surface area contributed by atoms with Gasteiger partial charge in [-0.15, -0.1) is 12.6 Å². The molecular formula is C13H18ClNO2S.